The lowest BCUT2D eigenvalue weighted by atomic mass is 10.1. The van der Waals surface area contributed by atoms with Crippen molar-refractivity contribution in [2.24, 2.45) is 0 Å². The summed E-state index contributed by atoms with van der Waals surface area (Å²) in [7, 11) is 3.54. The van der Waals surface area contributed by atoms with E-state index in [1.165, 1.54) is 16.0 Å². The molecule has 0 unspecified atom stereocenters. The minimum absolute atomic E-state index is 0.140. The van der Waals surface area contributed by atoms with E-state index in [4.69, 9.17) is 0 Å². The summed E-state index contributed by atoms with van der Waals surface area (Å²) in [5.41, 5.74) is 3.73. The third-order valence-electron chi connectivity index (χ3n) is 3.78. The Bertz CT molecular complexity index is 757. The standard InChI is InChI=1S/C16H19N5O/c1-9-6-10(2)8-12(7-9)17-16-18-13-14(19-16)20(4)11(3)21(5)15(13)22/h6-8H,3H2,1-2,4-5H3,(H2,17,18,19). The Morgan fingerprint density at radius 2 is 1.77 bits per heavy atom. The summed E-state index contributed by atoms with van der Waals surface area (Å²) in [6.45, 7) is 7.99. The second-order valence-corrected chi connectivity index (χ2v) is 5.62. The molecule has 1 aliphatic heterocycles. The predicted octanol–water partition coefficient (Wildman–Crippen LogP) is 2.76. The van der Waals surface area contributed by atoms with E-state index in [0.717, 1.165) is 5.69 Å². The van der Waals surface area contributed by atoms with Gasteiger partial charge in [-0.2, -0.15) is 4.98 Å². The molecule has 1 aliphatic rings. The zero-order valence-corrected chi connectivity index (χ0v) is 13.2. The lowest BCUT2D eigenvalue weighted by Gasteiger charge is -2.31. The number of aryl methyl sites for hydroxylation is 2. The van der Waals surface area contributed by atoms with Crippen LogP contribution in [0.1, 0.15) is 21.6 Å². The SMILES string of the molecule is C=C1N(C)C(=O)c2[nH]c(Nc3cc(C)cc(C)c3)nc2N1C. The fourth-order valence-electron chi connectivity index (χ4n) is 2.63. The summed E-state index contributed by atoms with van der Waals surface area (Å²) in [5.74, 6) is 1.58. The van der Waals surface area contributed by atoms with Gasteiger partial charge in [-0.25, -0.2) is 0 Å². The molecule has 1 amide bonds. The van der Waals surface area contributed by atoms with Crippen molar-refractivity contribution in [1.29, 1.82) is 0 Å². The number of carbonyl (C=O) groups is 1. The van der Waals surface area contributed by atoms with Crippen LogP contribution in [0.25, 0.3) is 0 Å². The number of fused-ring (bicyclic) bond motifs is 1. The smallest absolute Gasteiger partial charge is 0.279 e. The van der Waals surface area contributed by atoms with E-state index >= 15 is 0 Å². The molecule has 2 heterocycles. The van der Waals surface area contributed by atoms with Crippen LogP contribution in [0.5, 0.6) is 0 Å². The predicted molar refractivity (Wildman–Crippen MR) is 87.4 cm³/mol. The molecule has 1 aromatic heterocycles. The van der Waals surface area contributed by atoms with Crippen LogP contribution in [0.2, 0.25) is 0 Å². The van der Waals surface area contributed by atoms with Crippen LogP contribution in [0.15, 0.2) is 30.6 Å². The molecule has 6 nitrogen and oxygen atoms in total. The first-order valence-corrected chi connectivity index (χ1v) is 7.03. The molecule has 2 N–H and O–H groups in total. The number of H-pyrrole nitrogens is 1. The number of hydrogen-bond acceptors (Lipinski definition) is 4. The van der Waals surface area contributed by atoms with Crippen LogP contribution in [-0.4, -0.2) is 34.9 Å². The van der Waals surface area contributed by atoms with E-state index in [9.17, 15) is 4.79 Å². The Morgan fingerprint density at radius 1 is 1.14 bits per heavy atom. The maximum atomic E-state index is 12.3. The second-order valence-electron chi connectivity index (χ2n) is 5.62. The van der Waals surface area contributed by atoms with Crippen molar-refractivity contribution in [2.75, 3.05) is 24.3 Å². The van der Waals surface area contributed by atoms with Gasteiger partial charge in [0.2, 0.25) is 5.95 Å². The summed E-state index contributed by atoms with van der Waals surface area (Å²) < 4.78 is 0. The number of anilines is 3. The lowest BCUT2D eigenvalue weighted by molar-refractivity contribution is 0.0821. The molecule has 0 fully saturated rings. The molecule has 6 heteroatoms. The van der Waals surface area contributed by atoms with E-state index in [2.05, 4.69) is 27.9 Å². The number of nitrogens with zero attached hydrogens (tertiary/aromatic N) is 3. The minimum atomic E-state index is -0.140. The molecule has 0 saturated carbocycles. The average Bonchev–Trinajstić information content (AvgIpc) is 2.85. The topological polar surface area (TPSA) is 64.3 Å². The molecule has 0 bridgehead atoms. The number of aromatic nitrogens is 2. The molecule has 1 aromatic carbocycles. The van der Waals surface area contributed by atoms with Gasteiger partial charge >= 0.3 is 0 Å². The van der Waals surface area contributed by atoms with Gasteiger partial charge in [0.25, 0.3) is 5.91 Å². The molecule has 2 aromatic rings. The first-order valence-electron chi connectivity index (χ1n) is 7.03. The molecular weight excluding hydrogens is 278 g/mol. The van der Waals surface area contributed by atoms with Crippen molar-refractivity contribution in [2.45, 2.75) is 13.8 Å². The number of imidazole rings is 1. The Labute approximate surface area is 129 Å². The van der Waals surface area contributed by atoms with Gasteiger partial charge in [0.15, 0.2) is 11.5 Å². The van der Waals surface area contributed by atoms with Gasteiger partial charge in [0.05, 0.1) is 0 Å². The number of amides is 1. The minimum Gasteiger partial charge on any atom is -0.326 e. The van der Waals surface area contributed by atoms with E-state index in [-0.39, 0.29) is 5.91 Å². The van der Waals surface area contributed by atoms with Gasteiger partial charge in [-0.1, -0.05) is 12.6 Å². The first kappa shape index (κ1) is 14.2. The van der Waals surface area contributed by atoms with Crippen LogP contribution in [-0.2, 0) is 0 Å². The molecule has 3 rings (SSSR count). The number of benzene rings is 1. The van der Waals surface area contributed by atoms with Gasteiger partial charge in [-0.05, 0) is 37.1 Å². The summed E-state index contributed by atoms with van der Waals surface area (Å²) in [6, 6.07) is 6.17. The molecule has 0 saturated heterocycles. The number of nitrogens with one attached hydrogen (secondary N) is 2. The summed E-state index contributed by atoms with van der Waals surface area (Å²) in [6.07, 6.45) is 0. The molecule has 0 radical (unpaired) electrons. The maximum absolute atomic E-state index is 12.3. The van der Waals surface area contributed by atoms with Gasteiger partial charge in [0, 0.05) is 19.8 Å². The Hall–Kier alpha value is -2.76. The van der Waals surface area contributed by atoms with E-state index < -0.39 is 0 Å². The highest BCUT2D eigenvalue weighted by Gasteiger charge is 2.31. The molecule has 0 spiro atoms. The van der Waals surface area contributed by atoms with Gasteiger partial charge < -0.3 is 15.2 Å². The van der Waals surface area contributed by atoms with Crippen LogP contribution >= 0.6 is 0 Å². The number of hydrogen-bond donors (Lipinski definition) is 2. The average molecular weight is 297 g/mol. The Morgan fingerprint density at radius 3 is 2.41 bits per heavy atom. The Balaban J connectivity index is 1.96. The molecule has 114 valence electrons. The van der Waals surface area contributed by atoms with Crippen molar-refractivity contribution in [1.82, 2.24) is 14.9 Å². The van der Waals surface area contributed by atoms with Crippen LogP contribution in [0, 0.1) is 13.8 Å². The molecule has 0 atom stereocenters. The number of aromatic amines is 1. The van der Waals surface area contributed by atoms with Crippen LogP contribution in [0.4, 0.5) is 17.5 Å². The third kappa shape index (κ3) is 2.22. The zero-order valence-electron chi connectivity index (χ0n) is 13.2. The highest BCUT2D eigenvalue weighted by molar-refractivity contribution is 6.01. The van der Waals surface area contributed by atoms with Crippen molar-refractivity contribution in [3.8, 4) is 0 Å². The molecular formula is C16H19N5O. The van der Waals surface area contributed by atoms with Gasteiger partial charge in [-0.15, -0.1) is 0 Å². The zero-order chi connectivity index (χ0) is 16.0. The summed E-state index contributed by atoms with van der Waals surface area (Å²) in [4.78, 5) is 23.1. The van der Waals surface area contributed by atoms with Crippen LogP contribution < -0.4 is 10.2 Å². The lowest BCUT2D eigenvalue weighted by Crippen LogP contribution is -2.40. The van der Waals surface area contributed by atoms with E-state index in [0.29, 0.717) is 23.3 Å². The fraction of sp³-hybridized carbons (Fsp3) is 0.250. The van der Waals surface area contributed by atoms with Gasteiger partial charge in [0.1, 0.15) is 5.82 Å². The van der Waals surface area contributed by atoms with E-state index in [1.54, 1.807) is 11.9 Å². The largest absolute Gasteiger partial charge is 0.326 e. The van der Waals surface area contributed by atoms with E-state index in [1.807, 2.05) is 33.0 Å². The molecule has 0 aliphatic carbocycles. The fourth-order valence-corrected chi connectivity index (χ4v) is 2.63. The summed E-state index contributed by atoms with van der Waals surface area (Å²) in [5, 5.41) is 3.22. The monoisotopic (exact) mass is 297 g/mol. The van der Waals surface area contributed by atoms with Crippen LogP contribution in [0.3, 0.4) is 0 Å². The third-order valence-corrected chi connectivity index (χ3v) is 3.78. The molecule has 22 heavy (non-hydrogen) atoms. The number of carbonyl (C=O) groups excluding carboxylic acids is 1. The van der Waals surface area contributed by atoms with Crippen molar-refractivity contribution in [3.63, 3.8) is 0 Å². The summed E-state index contributed by atoms with van der Waals surface area (Å²) >= 11 is 0. The van der Waals surface area contributed by atoms with Gasteiger partial charge in [-0.3, -0.25) is 9.69 Å². The van der Waals surface area contributed by atoms with Crippen molar-refractivity contribution in [3.05, 3.63) is 47.4 Å². The Kier molecular flexibility index (Phi) is 3.16. The highest BCUT2D eigenvalue weighted by atomic mass is 16.2. The second kappa shape index (κ2) is 4.91. The quantitative estimate of drug-likeness (QED) is 0.894. The highest BCUT2D eigenvalue weighted by Crippen LogP contribution is 2.30. The van der Waals surface area contributed by atoms with Crippen molar-refractivity contribution >= 4 is 23.4 Å². The number of rotatable bonds is 2. The van der Waals surface area contributed by atoms with Crippen molar-refractivity contribution < 1.29 is 4.79 Å². The normalized spacial score (nSPS) is 14.4. The maximum Gasteiger partial charge on any atom is 0.279 e. The first-order chi connectivity index (χ1) is 10.4.